The molecular weight excluding hydrogens is 202 g/mol. The Labute approximate surface area is 96.1 Å². The van der Waals surface area contributed by atoms with E-state index < -0.39 is 0 Å². The predicted octanol–water partition coefficient (Wildman–Crippen LogP) is 1.42. The number of hydrogen-bond donors (Lipinski definition) is 1. The molecule has 0 bridgehead atoms. The average Bonchev–Trinajstić information content (AvgIpc) is 2.29. The van der Waals surface area contributed by atoms with Crippen LogP contribution in [0.4, 0.5) is 11.8 Å². The zero-order valence-electron chi connectivity index (χ0n) is 10.2. The zero-order chi connectivity index (χ0) is 12.1. The molecule has 16 heavy (non-hydrogen) atoms. The molecular formula is C11H17N5. The van der Waals surface area contributed by atoms with Crippen LogP contribution in [0.3, 0.4) is 0 Å². The molecule has 0 saturated carbocycles. The van der Waals surface area contributed by atoms with Gasteiger partial charge in [-0.15, -0.1) is 0 Å². The largest absolute Gasteiger partial charge is 0.358 e. The third-order valence-electron chi connectivity index (χ3n) is 2.30. The highest BCUT2D eigenvalue weighted by molar-refractivity contribution is 5.48. The van der Waals surface area contributed by atoms with Gasteiger partial charge in [-0.25, -0.2) is 4.98 Å². The van der Waals surface area contributed by atoms with Gasteiger partial charge >= 0.3 is 0 Å². The maximum Gasteiger partial charge on any atom is 0.224 e. The SMILES string of the molecule is CNc1ncc(C)c(N(C)CC(C)C#N)n1. The van der Waals surface area contributed by atoms with Crippen molar-refractivity contribution < 1.29 is 0 Å². The second kappa shape index (κ2) is 5.31. The lowest BCUT2D eigenvalue weighted by molar-refractivity contribution is 0.708. The molecule has 0 saturated heterocycles. The van der Waals surface area contributed by atoms with E-state index in [1.807, 2.05) is 25.8 Å². The molecule has 0 radical (unpaired) electrons. The Balaban J connectivity index is 2.90. The molecule has 0 spiro atoms. The zero-order valence-corrected chi connectivity index (χ0v) is 10.2. The third-order valence-corrected chi connectivity index (χ3v) is 2.30. The van der Waals surface area contributed by atoms with Gasteiger partial charge in [-0.05, 0) is 13.8 Å². The summed E-state index contributed by atoms with van der Waals surface area (Å²) in [4.78, 5) is 10.5. The first kappa shape index (κ1) is 12.2. The van der Waals surface area contributed by atoms with Crippen molar-refractivity contribution in [3.63, 3.8) is 0 Å². The lowest BCUT2D eigenvalue weighted by Crippen LogP contribution is -2.25. The van der Waals surface area contributed by atoms with Gasteiger partial charge < -0.3 is 10.2 Å². The number of aromatic nitrogens is 2. The van der Waals surface area contributed by atoms with Crippen LogP contribution in [-0.4, -0.2) is 30.6 Å². The second-order valence-corrected chi connectivity index (χ2v) is 3.86. The molecule has 1 atom stereocenters. The fraction of sp³-hybridized carbons (Fsp3) is 0.545. The van der Waals surface area contributed by atoms with E-state index in [4.69, 9.17) is 5.26 Å². The van der Waals surface area contributed by atoms with Crippen LogP contribution in [0, 0.1) is 24.2 Å². The molecule has 1 aromatic rings. The number of anilines is 2. The lowest BCUT2D eigenvalue weighted by atomic mass is 10.2. The van der Waals surface area contributed by atoms with E-state index >= 15 is 0 Å². The minimum absolute atomic E-state index is 0.0163. The van der Waals surface area contributed by atoms with E-state index in [0.717, 1.165) is 11.4 Å². The van der Waals surface area contributed by atoms with Gasteiger partial charge in [0, 0.05) is 32.4 Å². The first-order chi connectivity index (χ1) is 7.58. The highest BCUT2D eigenvalue weighted by Crippen LogP contribution is 2.17. The Hall–Kier alpha value is -1.83. The number of nitriles is 1. The number of nitrogens with one attached hydrogen (secondary N) is 1. The number of nitrogens with zero attached hydrogens (tertiary/aromatic N) is 4. The molecule has 0 aliphatic heterocycles. The summed E-state index contributed by atoms with van der Waals surface area (Å²) in [5.41, 5.74) is 1.01. The van der Waals surface area contributed by atoms with Crippen LogP contribution in [0.15, 0.2) is 6.20 Å². The van der Waals surface area contributed by atoms with Crippen LogP contribution in [0.1, 0.15) is 12.5 Å². The van der Waals surface area contributed by atoms with E-state index in [9.17, 15) is 0 Å². The van der Waals surface area contributed by atoms with Gasteiger partial charge in [-0.1, -0.05) is 0 Å². The Morgan fingerprint density at radius 2 is 2.31 bits per heavy atom. The number of aryl methyl sites for hydroxylation is 1. The van der Waals surface area contributed by atoms with E-state index in [0.29, 0.717) is 12.5 Å². The molecule has 5 nitrogen and oxygen atoms in total. The summed E-state index contributed by atoms with van der Waals surface area (Å²) >= 11 is 0. The van der Waals surface area contributed by atoms with E-state index in [1.54, 1.807) is 13.2 Å². The van der Waals surface area contributed by atoms with Gasteiger partial charge in [0.1, 0.15) is 5.82 Å². The summed E-state index contributed by atoms with van der Waals surface area (Å²) in [6.45, 7) is 4.52. The van der Waals surface area contributed by atoms with Crippen molar-refractivity contribution in [2.75, 3.05) is 30.9 Å². The van der Waals surface area contributed by atoms with Crippen molar-refractivity contribution in [1.82, 2.24) is 9.97 Å². The Morgan fingerprint density at radius 3 is 2.88 bits per heavy atom. The maximum atomic E-state index is 8.78. The van der Waals surface area contributed by atoms with Crippen molar-refractivity contribution >= 4 is 11.8 Å². The van der Waals surface area contributed by atoms with Gasteiger partial charge in [0.2, 0.25) is 5.95 Å². The van der Waals surface area contributed by atoms with E-state index in [-0.39, 0.29) is 5.92 Å². The first-order valence-electron chi connectivity index (χ1n) is 5.20. The first-order valence-corrected chi connectivity index (χ1v) is 5.20. The van der Waals surface area contributed by atoms with E-state index in [2.05, 4.69) is 21.4 Å². The Morgan fingerprint density at radius 1 is 1.62 bits per heavy atom. The van der Waals surface area contributed by atoms with Crippen molar-refractivity contribution in [3.05, 3.63) is 11.8 Å². The molecule has 5 heteroatoms. The van der Waals surface area contributed by atoms with Gasteiger partial charge in [0.15, 0.2) is 0 Å². The minimum Gasteiger partial charge on any atom is -0.358 e. The fourth-order valence-electron chi connectivity index (χ4n) is 1.48. The highest BCUT2D eigenvalue weighted by Gasteiger charge is 2.11. The number of rotatable bonds is 4. The highest BCUT2D eigenvalue weighted by atomic mass is 15.2. The molecule has 0 aromatic carbocycles. The molecule has 1 N–H and O–H groups in total. The average molecular weight is 219 g/mol. The summed E-state index contributed by atoms with van der Waals surface area (Å²) in [7, 11) is 3.72. The molecule has 1 heterocycles. The summed E-state index contributed by atoms with van der Waals surface area (Å²) in [5, 5.41) is 11.7. The van der Waals surface area contributed by atoms with Crippen molar-refractivity contribution in [2.45, 2.75) is 13.8 Å². The third kappa shape index (κ3) is 2.83. The fourth-order valence-corrected chi connectivity index (χ4v) is 1.48. The van der Waals surface area contributed by atoms with Crippen molar-refractivity contribution in [1.29, 1.82) is 5.26 Å². The Kier molecular flexibility index (Phi) is 4.06. The molecule has 1 unspecified atom stereocenters. The van der Waals surface area contributed by atoms with Crippen LogP contribution in [0.2, 0.25) is 0 Å². The van der Waals surface area contributed by atoms with Gasteiger partial charge in [0.05, 0.1) is 12.0 Å². The van der Waals surface area contributed by atoms with E-state index in [1.165, 1.54) is 0 Å². The van der Waals surface area contributed by atoms with Crippen LogP contribution in [-0.2, 0) is 0 Å². The van der Waals surface area contributed by atoms with Crippen LogP contribution in [0.5, 0.6) is 0 Å². The quantitative estimate of drug-likeness (QED) is 0.829. The lowest BCUT2D eigenvalue weighted by Gasteiger charge is -2.21. The molecule has 0 amide bonds. The molecule has 0 fully saturated rings. The second-order valence-electron chi connectivity index (χ2n) is 3.86. The summed E-state index contributed by atoms with van der Waals surface area (Å²) in [6, 6.07) is 2.21. The number of hydrogen-bond acceptors (Lipinski definition) is 5. The predicted molar refractivity (Wildman–Crippen MR) is 64.4 cm³/mol. The van der Waals surface area contributed by atoms with Gasteiger partial charge in [-0.2, -0.15) is 10.2 Å². The summed E-state index contributed by atoms with van der Waals surface area (Å²) in [5.74, 6) is 1.44. The molecule has 86 valence electrons. The molecule has 1 rings (SSSR count). The smallest absolute Gasteiger partial charge is 0.224 e. The van der Waals surface area contributed by atoms with Crippen LogP contribution < -0.4 is 10.2 Å². The summed E-state index contributed by atoms with van der Waals surface area (Å²) < 4.78 is 0. The normalized spacial score (nSPS) is 11.7. The summed E-state index contributed by atoms with van der Waals surface area (Å²) in [6.07, 6.45) is 1.78. The van der Waals surface area contributed by atoms with Crippen molar-refractivity contribution in [3.8, 4) is 6.07 Å². The monoisotopic (exact) mass is 219 g/mol. The van der Waals surface area contributed by atoms with Gasteiger partial charge in [0.25, 0.3) is 0 Å². The molecule has 0 aliphatic rings. The maximum absolute atomic E-state index is 8.78. The Bertz CT molecular complexity index is 396. The standard InChI is InChI=1S/C11H17N5/c1-8(5-12)7-16(4)10-9(2)6-14-11(13-3)15-10/h6,8H,7H2,1-4H3,(H,13,14,15). The van der Waals surface area contributed by atoms with Gasteiger partial charge in [-0.3, -0.25) is 0 Å². The molecule has 1 aromatic heterocycles. The minimum atomic E-state index is -0.0163. The van der Waals surface area contributed by atoms with Crippen LogP contribution in [0.25, 0.3) is 0 Å². The topological polar surface area (TPSA) is 64.8 Å². The van der Waals surface area contributed by atoms with Crippen LogP contribution >= 0.6 is 0 Å². The molecule has 0 aliphatic carbocycles. The van der Waals surface area contributed by atoms with Crippen molar-refractivity contribution in [2.24, 2.45) is 5.92 Å².